The third-order valence-electron chi connectivity index (χ3n) is 5.40. The Labute approximate surface area is 203 Å². The molecule has 1 aromatic carbocycles. The number of aromatic nitrogens is 2. The van der Waals surface area contributed by atoms with Gasteiger partial charge in [-0.25, -0.2) is 23.2 Å². The lowest BCUT2D eigenvalue weighted by atomic mass is 10.1. The number of halogens is 1. The highest BCUT2D eigenvalue weighted by Gasteiger charge is 2.37. The number of carbonyl (C=O) groups excluding carboxylic acids is 2. The van der Waals surface area contributed by atoms with Gasteiger partial charge in [0.2, 0.25) is 10.0 Å². The van der Waals surface area contributed by atoms with E-state index in [4.69, 9.17) is 21.1 Å². The van der Waals surface area contributed by atoms with E-state index < -0.39 is 27.9 Å². The summed E-state index contributed by atoms with van der Waals surface area (Å²) in [4.78, 5) is 36.1. The van der Waals surface area contributed by atoms with Gasteiger partial charge in [0.1, 0.15) is 23.7 Å². The Morgan fingerprint density at radius 3 is 2.41 bits per heavy atom. The summed E-state index contributed by atoms with van der Waals surface area (Å²) < 4.78 is 37.6. The number of carbonyl (C=O) groups is 2. The highest BCUT2D eigenvalue weighted by atomic mass is 35.5. The summed E-state index contributed by atoms with van der Waals surface area (Å²) in [5.41, 5.74) is 0.263. The molecule has 1 saturated heterocycles. The normalized spacial score (nSPS) is 17.0. The summed E-state index contributed by atoms with van der Waals surface area (Å²) >= 11 is 5.88. The molecule has 1 aliphatic rings. The number of rotatable bonds is 7. The molecule has 0 saturated carbocycles. The highest BCUT2D eigenvalue weighted by Crippen LogP contribution is 2.24. The summed E-state index contributed by atoms with van der Waals surface area (Å²) in [5.74, 6) is -0.858. The smallest absolute Gasteiger partial charge is 0.342 e. The van der Waals surface area contributed by atoms with Crippen LogP contribution in [0.2, 0.25) is 5.02 Å². The summed E-state index contributed by atoms with van der Waals surface area (Å²) in [6, 6.07) is 5.45. The van der Waals surface area contributed by atoms with Gasteiger partial charge in [-0.15, -0.1) is 0 Å². The van der Waals surface area contributed by atoms with Gasteiger partial charge < -0.3 is 14.4 Å². The zero-order valence-corrected chi connectivity index (χ0v) is 21.0. The largest absolute Gasteiger partial charge is 0.460 e. The van der Waals surface area contributed by atoms with Crippen molar-refractivity contribution in [1.82, 2.24) is 19.2 Å². The fraction of sp³-hybridized carbons (Fsp3) is 0.455. The molecule has 34 heavy (non-hydrogen) atoms. The van der Waals surface area contributed by atoms with Gasteiger partial charge in [-0.3, -0.25) is 4.79 Å². The lowest BCUT2D eigenvalue weighted by Gasteiger charge is -2.39. The minimum absolute atomic E-state index is 0.00410. The molecule has 2 heterocycles. The van der Waals surface area contributed by atoms with E-state index in [-0.39, 0.29) is 49.0 Å². The standard InChI is InChI=1S/C22H27ClN4O6S/c1-14-13-26(9-10-27(14)34(30,31)18-7-5-17(23)6-8-18)21(28)20-19(15(2)24-16(3)25-20)22(29)33-12-11-32-4/h5-8,14H,9-13H2,1-4H3. The average molecular weight is 511 g/mol. The fourth-order valence-electron chi connectivity index (χ4n) is 3.78. The van der Waals surface area contributed by atoms with E-state index in [9.17, 15) is 18.0 Å². The second kappa shape index (κ2) is 10.8. The monoisotopic (exact) mass is 510 g/mol. The van der Waals surface area contributed by atoms with Crippen LogP contribution in [-0.2, 0) is 19.5 Å². The molecule has 0 bridgehead atoms. The predicted octanol–water partition coefficient (Wildman–Crippen LogP) is 2.09. The first kappa shape index (κ1) is 26.0. The molecule has 12 heteroatoms. The molecule has 0 radical (unpaired) electrons. The van der Waals surface area contributed by atoms with Crippen molar-refractivity contribution in [3.05, 3.63) is 52.1 Å². The van der Waals surface area contributed by atoms with Crippen molar-refractivity contribution >= 4 is 33.5 Å². The first-order valence-electron chi connectivity index (χ1n) is 10.6. The number of nitrogens with zero attached hydrogens (tertiary/aromatic N) is 4. The van der Waals surface area contributed by atoms with Crippen molar-refractivity contribution < 1.29 is 27.5 Å². The van der Waals surface area contributed by atoms with E-state index in [2.05, 4.69) is 9.97 Å². The number of piperazine rings is 1. The van der Waals surface area contributed by atoms with Crippen LogP contribution in [0.1, 0.15) is 39.3 Å². The summed E-state index contributed by atoms with van der Waals surface area (Å²) in [7, 11) is -2.28. The van der Waals surface area contributed by atoms with E-state index >= 15 is 0 Å². The molecule has 10 nitrogen and oxygen atoms in total. The average Bonchev–Trinajstić information content (AvgIpc) is 2.78. The maximum absolute atomic E-state index is 13.4. The van der Waals surface area contributed by atoms with Gasteiger partial charge in [0.25, 0.3) is 5.91 Å². The molecule has 1 aliphatic heterocycles. The number of benzene rings is 1. The Morgan fingerprint density at radius 2 is 1.79 bits per heavy atom. The van der Waals surface area contributed by atoms with Crippen molar-refractivity contribution in [1.29, 1.82) is 0 Å². The van der Waals surface area contributed by atoms with Crippen molar-refractivity contribution in [2.24, 2.45) is 0 Å². The lowest BCUT2D eigenvalue weighted by molar-refractivity contribution is 0.0379. The molecule has 1 unspecified atom stereocenters. The quantitative estimate of drug-likeness (QED) is 0.410. The molecular weight excluding hydrogens is 484 g/mol. The Bertz CT molecular complexity index is 1170. The highest BCUT2D eigenvalue weighted by molar-refractivity contribution is 7.89. The van der Waals surface area contributed by atoms with Gasteiger partial charge >= 0.3 is 5.97 Å². The van der Waals surface area contributed by atoms with E-state index in [0.29, 0.717) is 16.5 Å². The lowest BCUT2D eigenvalue weighted by Crippen LogP contribution is -2.55. The molecule has 184 valence electrons. The maximum atomic E-state index is 13.4. The number of esters is 1. The molecule has 1 fully saturated rings. The molecule has 3 rings (SSSR count). The number of methoxy groups -OCH3 is 1. The summed E-state index contributed by atoms with van der Waals surface area (Å²) in [5, 5.41) is 0.439. The SMILES string of the molecule is COCCOC(=O)c1c(C)nc(C)nc1C(=O)N1CCN(S(=O)(=O)c2ccc(Cl)cc2)C(C)C1. The van der Waals surface area contributed by atoms with Gasteiger partial charge in [-0.1, -0.05) is 11.6 Å². The zero-order chi connectivity index (χ0) is 25.0. The molecule has 1 aromatic heterocycles. The fourth-order valence-corrected chi connectivity index (χ4v) is 5.52. The van der Waals surface area contributed by atoms with Crippen LogP contribution in [0, 0.1) is 13.8 Å². The molecule has 1 amide bonds. The molecule has 1 atom stereocenters. The van der Waals surface area contributed by atoms with Crippen LogP contribution in [0.4, 0.5) is 0 Å². The van der Waals surface area contributed by atoms with Gasteiger partial charge in [0.15, 0.2) is 0 Å². The van der Waals surface area contributed by atoms with Crippen LogP contribution in [0.15, 0.2) is 29.2 Å². The van der Waals surface area contributed by atoms with E-state index in [1.807, 2.05) is 0 Å². The molecule has 0 N–H and O–H groups in total. The third kappa shape index (κ3) is 5.54. The van der Waals surface area contributed by atoms with Crippen LogP contribution < -0.4 is 0 Å². The van der Waals surface area contributed by atoms with E-state index in [1.54, 1.807) is 20.8 Å². The summed E-state index contributed by atoms with van der Waals surface area (Å²) in [6.45, 7) is 5.55. The molecule has 0 spiro atoms. The van der Waals surface area contributed by atoms with Crippen LogP contribution in [0.25, 0.3) is 0 Å². The minimum Gasteiger partial charge on any atom is -0.460 e. The molecule has 0 aliphatic carbocycles. The predicted molar refractivity (Wildman–Crippen MR) is 124 cm³/mol. The van der Waals surface area contributed by atoms with Crippen molar-refractivity contribution in [2.45, 2.75) is 31.7 Å². The second-order valence-corrected chi connectivity index (χ2v) is 10.2. The topological polar surface area (TPSA) is 119 Å². The summed E-state index contributed by atoms with van der Waals surface area (Å²) in [6.07, 6.45) is 0. The first-order valence-corrected chi connectivity index (χ1v) is 12.5. The van der Waals surface area contributed by atoms with Crippen LogP contribution in [-0.4, -0.2) is 85.5 Å². The number of aryl methyl sites for hydroxylation is 2. The molecular formula is C22H27ClN4O6S. The number of amides is 1. The third-order valence-corrected chi connectivity index (χ3v) is 7.68. The van der Waals surface area contributed by atoms with Crippen molar-refractivity contribution in [3.63, 3.8) is 0 Å². The number of sulfonamides is 1. The van der Waals surface area contributed by atoms with Crippen LogP contribution in [0.5, 0.6) is 0 Å². The van der Waals surface area contributed by atoms with Crippen LogP contribution >= 0.6 is 11.6 Å². The Hall–Kier alpha value is -2.60. The van der Waals surface area contributed by atoms with Crippen LogP contribution in [0.3, 0.4) is 0 Å². The first-order chi connectivity index (χ1) is 16.1. The van der Waals surface area contributed by atoms with Gasteiger partial charge in [0.05, 0.1) is 17.2 Å². The van der Waals surface area contributed by atoms with Gasteiger partial charge in [0, 0.05) is 37.8 Å². The minimum atomic E-state index is -3.76. The second-order valence-electron chi connectivity index (χ2n) is 7.88. The Kier molecular flexibility index (Phi) is 8.24. The van der Waals surface area contributed by atoms with Gasteiger partial charge in [-0.2, -0.15) is 4.31 Å². The van der Waals surface area contributed by atoms with Crippen molar-refractivity contribution in [3.8, 4) is 0 Å². The zero-order valence-electron chi connectivity index (χ0n) is 19.4. The maximum Gasteiger partial charge on any atom is 0.342 e. The van der Waals surface area contributed by atoms with E-state index in [1.165, 1.54) is 40.6 Å². The van der Waals surface area contributed by atoms with Crippen molar-refractivity contribution in [2.75, 3.05) is 40.0 Å². The number of ether oxygens (including phenoxy) is 2. The van der Waals surface area contributed by atoms with Gasteiger partial charge in [-0.05, 0) is 45.0 Å². The van der Waals surface area contributed by atoms with E-state index in [0.717, 1.165) is 0 Å². The number of hydrogen-bond acceptors (Lipinski definition) is 8. The molecule has 2 aromatic rings. The number of hydrogen-bond donors (Lipinski definition) is 0. The Morgan fingerprint density at radius 1 is 1.12 bits per heavy atom. The Balaban J connectivity index is 1.82.